The molecule has 0 aromatic heterocycles. The Bertz CT molecular complexity index is 914. The van der Waals surface area contributed by atoms with Crippen molar-refractivity contribution in [2.45, 2.75) is 96.2 Å². The molecule has 0 fully saturated rings. The van der Waals surface area contributed by atoms with Crippen molar-refractivity contribution in [3.63, 3.8) is 0 Å². The second-order valence-electron chi connectivity index (χ2n) is 10.9. The van der Waals surface area contributed by atoms with Crippen molar-refractivity contribution in [2.75, 3.05) is 6.61 Å². The van der Waals surface area contributed by atoms with Crippen molar-refractivity contribution >= 4 is 0 Å². The zero-order valence-corrected chi connectivity index (χ0v) is 22.3. The Morgan fingerprint density at radius 3 is 1.67 bits per heavy atom. The second-order valence-corrected chi connectivity index (χ2v) is 10.9. The number of hydrogen-bond acceptors (Lipinski definition) is 6. The van der Waals surface area contributed by atoms with E-state index >= 15 is 0 Å². The monoisotopic (exact) mass is 502 g/mol. The van der Waals surface area contributed by atoms with Gasteiger partial charge in [0.15, 0.2) is 0 Å². The van der Waals surface area contributed by atoms with Gasteiger partial charge in [-0.05, 0) is 65.2 Å². The summed E-state index contributed by atoms with van der Waals surface area (Å²) in [5.41, 5.74) is 4.69. The van der Waals surface area contributed by atoms with Crippen molar-refractivity contribution in [3.05, 3.63) is 70.8 Å². The van der Waals surface area contributed by atoms with Gasteiger partial charge in [-0.25, -0.2) is 0 Å². The van der Waals surface area contributed by atoms with Crippen molar-refractivity contribution in [3.8, 4) is 0 Å². The largest absolute Gasteiger partial charge is 0.394 e. The van der Waals surface area contributed by atoms with Gasteiger partial charge in [-0.15, -0.1) is 0 Å². The third kappa shape index (κ3) is 8.37. The lowest BCUT2D eigenvalue weighted by Gasteiger charge is -2.35. The van der Waals surface area contributed by atoms with E-state index in [2.05, 4.69) is 64.1 Å². The minimum atomic E-state index is -1.80. The molecule has 6 nitrogen and oxygen atoms in total. The minimum absolute atomic E-state index is 0.0211. The van der Waals surface area contributed by atoms with E-state index < -0.39 is 43.0 Å². The highest BCUT2D eigenvalue weighted by atomic mass is 16.4. The SMILES string of the molecule is CC(C)c1cccc(CCC(C)C(Cc2cccc(C(C)C)c2)C(O)[C@@H](O)[C@@H](O)[C@H](O)[C@@H](O)CO)c1. The standard InChI is InChI=1S/C30H46O6/c1-18(2)23-10-6-8-21(14-23)13-12-20(5)25(16-22-9-7-11-24(15-22)19(3)4)27(33)29(35)30(36)28(34)26(32)17-31/h6-11,14-15,18-20,25-36H,12-13,16-17H2,1-5H3/t20?,25?,26-,27?,28+,29+,30-/m0/s1. The van der Waals surface area contributed by atoms with Crippen molar-refractivity contribution in [2.24, 2.45) is 11.8 Å². The van der Waals surface area contributed by atoms with Crippen LogP contribution in [0.1, 0.15) is 75.1 Å². The molecule has 0 aliphatic heterocycles. The van der Waals surface area contributed by atoms with Gasteiger partial charge < -0.3 is 30.6 Å². The molecule has 36 heavy (non-hydrogen) atoms. The molecular formula is C30H46O6. The van der Waals surface area contributed by atoms with Crippen LogP contribution in [0.2, 0.25) is 0 Å². The number of aliphatic hydroxyl groups is 6. The molecule has 0 heterocycles. The number of hydrogen-bond donors (Lipinski definition) is 6. The first-order valence-electron chi connectivity index (χ1n) is 13.1. The van der Waals surface area contributed by atoms with Crippen LogP contribution >= 0.6 is 0 Å². The van der Waals surface area contributed by atoms with Crippen LogP contribution in [0.3, 0.4) is 0 Å². The summed E-state index contributed by atoms with van der Waals surface area (Å²) in [5, 5.41) is 61.3. The van der Waals surface area contributed by atoms with Gasteiger partial charge >= 0.3 is 0 Å². The first kappa shape index (κ1) is 30.4. The van der Waals surface area contributed by atoms with Crippen molar-refractivity contribution in [1.29, 1.82) is 0 Å². The van der Waals surface area contributed by atoms with E-state index in [4.69, 9.17) is 5.11 Å². The predicted molar refractivity (Wildman–Crippen MR) is 143 cm³/mol. The van der Waals surface area contributed by atoms with Gasteiger partial charge in [0.1, 0.15) is 24.4 Å². The van der Waals surface area contributed by atoms with E-state index in [1.165, 1.54) is 16.7 Å². The zero-order chi connectivity index (χ0) is 27.0. The number of benzene rings is 2. The summed E-state index contributed by atoms with van der Waals surface area (Å²) in [6.45, 7) is 9.83. The fraction of sp³-hybridized carbons (Fsp3) is 0.600. The molecule has 2 rings (SSSR count). The van der Waals surface area contributed by atoms with Crippen LogP contribution in [0.15, 0.2) is 48.5 Å². The van der Waals surface area contributed by atoms with Crippen LogP contribution in [0, 0.1) is 11.8 Å². The summed E-state index contributed by atoms with van der Waals surface area (Å²) in [4.78, 5) is 0. The Morgan fingerprint density at radius 1 is 0.639 bits per heavy atom. The Hall–Kier alpha value is -1.80. The van der Waals surface area contributed by atoms with Crippen LogP contribution in [-0.4, -0.2) is 67.8 Å². The van der Waals surface area contributed by atoms with E-state index in [1.807, 2.05) is 19.1 Å². The maximum Gasteiger partial charge on any atom is 0.111 e. The lowest BCUT2D eigenvalue weighted by atomic mass is 9.77. The summed E-state index contributed by atoms with van der Waals surface area (Å²) in [5.74, 6) is 0.347. The van der Waals surface area contributed by atoms with Gasteiger partial charge in [0.2, 0.25) is 0 Å². The highest BCUT2D eigenvalue weighted by molar-refractivity contribution is 5.27. The molecule has 0 amide bonds. The molecule has 0 saturated heterocycles. The van der Waals surface area contributed by atoms with Crippen LogP contribution in [0.25, 0.3) is 0 Å². The first-order chi connectivity index (χ1) is 17.0. The van der Waals surface area contributed by atoms with E-state index in [0.717, 1.165) is 18.4 Å². The average Bonchev–Trinajstić information content (AvgIpc) is 2.88. The van der Waals surface area contributed by atoms with Gasteiger partial charge in [0.05, 0.1) is 12.7 Å². The summed E-state index contributed by atoms with van der Waals surface area (Å²) in [6.07, 6.45) is -6.18. The maximum absolute atomic E-state index is 11.2. The average molecular weight is 503 g/mol. The lowest BCUT2D eigenvalue weighted by molar-refractivity contribution is -0.152. The predicted octanol–water partition coefficient (Wildman–Crippen LogP) is 3.16. The quantitative estimate of drug-likeness (QED) is 0.236. The summed E-state index contributed by atoms with van der Waals surface area (Å²) < 4.78 is 0. The molecule has 6 heteroatoms. The fourth-order valence-electron chi connectivity index (χ4n) is 4.72. The molecule has 0 aliphatic rings. The highest BCUT2D eigenvalue weighted by Gasteiger charge is 2.39. The molecule has 2 aromatic rings. The third-order valence-corrected chi connectivity index (χ3v) is 7.40. The number of aryl methyl sites for hydroxylation is 1. The molecule has 0 saturated carbocycles. The van der Waals surface area contributed by atoms with Crippen molar-refractivity contribution in [1.82, 2.24) is 0 Å². The molecule has 202 valence electrons. The molecule has 0 aliphatic carbocycles. The highest BCUT2D eigenvalue weighted by Crippen LogP contribution is 2.30. The maximum atomic E-state index is 11.2. The lowest BCUT2D eigenvalue weighted by Crippen LogP contribution is -2.52. The zero-order valence-electron chi connectivity index (χ0n) is 22.3. The summed E-state index contributed by atoms with van der Waals surface area (Å²) >= 11 is 0. The molecule has 0 bridgehead atoms. The van der Waals surface area contributed by atoms with Crippen LogP contribution < -0.4 is 0 Å². The van der Waals surface area contributed by atoms with Crippen LogP contribution in [0.4, 0.5) is 0 Å². The van der Waals surface area contributed by atoms with Gasteiger partial charge in [-0.3, -0.25) is 0 Å². The molecule has 0 radical (unpaired) electrons. The molecule has 7 atom stereocenters. The minimum Gasteiger partial charge on any atom is -0.394 e. The number of rotatable bonds is 14. The molecule has 6 N–H and O–H groups in total. The van der Waals surface area contributed by atoms with E-state index in [1.54, 1.807) is 0 Å². The topological polar surface area (TPSA) is 121 Å². The Morgan fingerprint density at radius 2 is 1.14 bits per heavy atom. The van der Waals surface area contributed by atoms with Gasteiger partial charge in [0, 0.05) is 0 Å². The van der Waals surface area contributed by atoms with E-state index in [9.17, 15) is 25.5 Å². The Kier molecular flexibility index (Phi) is 12.0. The van der Waals surface area contributed by atoms with Gasteiger partial charge in [-0.2, -0.15) is 0 Å². The number of aliphatic hydroxyl groups excluding tert-OH is 6. The van der Waals surface area contributed by atoms with Crippen molar-refractivity contribution < 1.29 is 30.6 Å². The van der Waals surface area contributed by atoms with Crippen LogP contribution in [-0.2, 0) is 12.8 Å². The fourth-order valence-corrected chi connectivity index (χ4v) is 4.72. The second kappa shape index (κ2) is 14.2. The first-order valence-corrected chi connectivity index (χ1v) is 13.1. The molecular weight excluding hydrogens is 456 g/mol. The summed E-state index contributed by atoms with van der Waals surface area (Å²) in [6, 6.07) is 16.6. The van der Waals surface area contributed by atoms with Crippen LogP contribution in [0.5, 0.6) is 0 Å². The molecule has 3 unspecified atom stereocenters. The smallest absolute Gasteiger partial charge is 0.111 e. The Balaban J connectivity index is 2.26. The molecule has 2 aromatic carbocycles. The molecule has 0 spiro atoms. The normalized spacial score (nSPS) is 18.0. The van der Waals surface area contributed by atoms with Gasteiger partial charge in [-0.1, -0.05) is 83.1 Å². The van der Waals surface area contributed by atoms with E-state index in [0.29, 0.717) is 18.3 Å². The third-order valence-electron chi connectivity index (χ3n) is 7.40. The summed E-state index contributed by atoms with van der Waals surface area (Å²) in [7, 11) is 0. The Labute approximate surface area is 216 Å². The van der Waals surface area contributed by atoms with E-state index in [-0.39, 0.29) is 5.92 Å². The van der Waals surface area contributed by atoms with Gasteiger partial charge in [0.25, 0.3) is 0 Å².